The van der Waals surface area contributed by atoms with Gasteiger partial charge in [0.15, 0.2) is 0 Å². The van der Waals surface area contributed by atoms with Crippen LogP contribution in [0.4, 0.5) is 14.6 Å². The molecule has 1 N–H and O–H groups in total. The maximum absolute atomic E-state index is 13.0. The number of rotatable bonds is 4. The predicted molar refractivity (Wildman–Crippen MR) is 67.5 cm³/mol. The molecule has 3 heterocycles. The van der Waals surface area contributed by atoms with Crippen LogP contribution in [0.1, 0.15) is 6.42 Å². The number of alkyl halides is 2. The van der Waals surface area contributed by atoms with Crippen molar-refractivity contribution in [1.82, 2.24) is 19.5 Å². The minimum absolute atomic E-state index is 0.0372. The van der Waals surface area contributed by atoms with Gasteiger partial charge in [0.1, 0.15) is 5.82 Å². The highest BCUT2D eigenvalue weighted by Crippen LogP contribution is 2.26. The Balaban J connectivity index is 1.52. The largest absolute Gasteiger partial charge is 0.368 e. The Labute approximate surface area is 109 Å². The smallest absolute Gasteiger partial charge is 0.261 e. The van der Waals surface area contributed by atoms with E-state index in [0.29, 0.717) is 25.5 Å². The molecule has 0 saturated carbocycles. The van der Waals surface area contributed by atoms with Crippen LogP contribution in [0.15, 0.2) is 24.7 Å². The highest BCUT2D eigenvalue weighted by atomic mass is 19.3. The summed E-state index contributed by atoms with van der Waals surface area (Å²) in [5.41, 5.74) is 0.921. The number of likely N-dealkylation sites (tertiary alicyclic amines) is 1. The van der Waals surface area contributed by atoms with Crippen LogP contribution in [0.5, 0.6) is 0 Å². The molecule has 1 aliphatic heterocycles. The van der Waals surface area contributed by atoms with Crippen molar-refractivity contribution in [3.63, 3.8) is 0 Å². The number of aromatic nitrogens is 3. The van der Waals surface area contributed by atoms with Gasteiger partial charge < -0.3 is 5.32 Å². The third-order valence-corrected chi connectivity index (χ3v) is 3.26. The molecule has 0 atom stereocenters. The van der Waals surface area contributed by atoms with Gasteiger partial charge >= 0.3 is 0 Å². The van der Waals surface area contributed by atoms with Crippen LogP contribution in [0.25, 0.3) is 5.52 Å². The Morgan fingerprint density at radius 3 is 3.11 bits per heavy atom. The van der Waals surface area contributed by atoms with Crippen LogP contribution in [-0.2, 0) is 0 Å². The second-order valence-electron chi connectivity index (χ2n) is 4.78. The summed E-state index contributed by atoms with van der Waals surface area (Å²) in [7, 11) is 0. The van der Waals surface area contributed by atoms with Crippen molar-refractivity contribution in [3.8, 4) is 0 Å². The van der Waals surface area contributed by atoms with Crippen molar-refractivity contribution in [2.75, 3.05) is 31.5 Å². The van der Waals surface area contributed by atoms with Crippen molar-refractivity contribution in [2.24, 2.45) is 0 Å². The number of hydrogen-bond donors (Lipinski definition) is 1. The summed E-state index contributed by atoms with van der Waals surface area (Å²) >= 11 is 0. The lowest BCUT2D eigenvalue weighted by molar-refractivity contribution is 0.0126. The fraction of sp³-hybridized carbons (Fsp3) is 0.500. The zero-order valence-electron chi connectivity index (χ0n) is 10.4. The van der Waals surface area contributed by atoms with E-state index in [1.807, 2.05) is 6.07 Å². The predicted octanol–water partition coefficient (Wildman–Crippen LogP) is 1.48. The SMILES string of the molecule is FC1(F)CCN(CCNc2cn3nccc3cn2)C1. The lowest BCUT2D eigenvalue weighted by atomic mass is 10.3. The summed E-state index contributed by atoms with van der Waals surface area (Å²) in [6, 6.07) is 1.86. The molecule has 7 heteroatoms. The summed E-state index contributed by atoms with van der Waals surface area (Å²) in [6.45, 7) is 1.50. The van der Waals surface area contributed by atoms with E-state index in [1.165, 1.54) is 0 Å². The fourth-order valence-corrected chi connectivity index (χ4v) is 2.25. The topological polar surface area (TPSA) is 45.5 Å². The Morgan fingerprint density at radius 2 is 2.32 bits per heavy atom. The van der Waals surface area contributed by atoms with Crippen LogP contribution in [-0.4, -0.2) is 51.6 Å². The van der Waals surface area contributed by atoms with Gasteiger partial charge in [0, 0.05) is 26.1 Å². The van der Waals surface area contributed by atoms with Crippen LogP contribution in [0, 0.1) is 0 Å². The lowest BCUT2D eigenvalue weighted by Gasteiger charge is -2.15. The van der Waals surface area contributed by atoms with Gasteiger partial charge in [0.2, 0.25) is 0 Å². The molecule has 2 aromatic rings. The number of nitrogens with one attached hydrogen (secondary N) is 1. The van der Waals surface area contributed by atoms with Gasteiger partial charge in [-0.15, -0.1) is 0 Å². The molecular formula is C12H15F2N5. The lowest BCUT2D eigenvalue weighted by Crippen LogP contribution is -2.29. The second-order valence-corrected chi connectivity index (χ2v) is 4.78. The summed E-state index contributed by atoms with van der Waals surface area (Å²) in [6.07, 6.45) is 5.17. The first-order valence-corrected chi connectivity index (χ1v) is 6.26. The third kappa shape index (κ3) is 2.81. The molecule has 0 aromatic carbocycles. The van der Waals surface area contributed by atoms with Gasteiger partial charge in [0.25, 0.3) is 5.92 Å². The molecule has 19 heavy (non-hydrogen) atoms. The molecule has 1 aliphatic rings. The number of nitrogens with zero attached hydrogens (tertiary/aromatic N) is 4. The van der Waals surface area contributed by atoms with E-state index in [0.717, 1.165) is 5.52 Å². The number of halogens is 2. The van der Waals surface area contributed by atoms with E-state index in [4.69, 9.17) is 0 Å². The molecule has 2 aromatic heterocycles. The van der Waals surface area contributed by atoms with Crippen LogP contribution in [0.3, 0.4) is 0 Å². The Bertz CT molecular complexity index is 568. The number of fused-ring (bicyclic) bond motifs is 1. The highest BCUT2D eigenvalue weighted by Gasteiger charge is 2.37. The maximum atomic E-state index is 13.0. The van der Waals surface area contributed by atoms with Crippen molar-refractivity contribution in [2.45, 2.75) is 12.3 Å². The first-order valence-electron chi connectivity index (χ1n) is 6.26. The van der Waals surface area contributed by atoms with Crippen molar-refractivity contribution in [1.29, 1.82) is 0 Å². The van der Waals surface area contributed by atoms with E-state index in [-0.39, 0.29) is 13.0 Å². The van der Waals surface area contributed by atoms with Crippen LogP contribution in [0.2, 0.25) is 0 Å². The van der Waals surface area contributed by atoms with Crippen molar-refractivity contribution < 1.29 is 8.78 Å². The molecule has 5 nitrogen and oxygen atoms in total. The van der Waals surface area contributed by atoms with E-state index in [1.54, 1.807) is 28.0 Å². The number of hydrogen-bond acceptors (Lipinski definition) is 4. The second kappa shape index (κ2) is 4.73. The minimum Gasteiger partial charge on any atom is -0.368 e. The zero-order chi connectivity index (χ0) is 13.3. The Hall–Kier alpha value is -1.76. The van der Waals surface area contributed by atoms with E-state index in [2.05, 4.69) is 15.4 Å². The highest BCUT2D eigenvalue weighted by molar-refractivity contribution is 5.46. The summed E-state index contributed by atoms with van der Waals surface area (Å²) in [5, 5.41) is 7.23. The monoisotopic (exact) mass is 267 g/mol. The molecule has 0 aliphatic carbocycles. The zero-order valence-corrected chi connectivity index (χ0v) is 10.4. The van der Waals surface area contributed by atoms with Gasteiger partial charge in [0.05, 0.1) is 30.7 Å². The molecular weight excluding hydrogens is 252 g/mol. The quantitative estimate of drug-likeness (QED) is 0.911. The molecule has 0 bridgehead atoms. The molecule has 0 amide bonds. The van der Waals surface area contributed by atoms with Crippen molar-refractivity contribution >= 4 is 11.3 Å². The summed E-state index contributed by atoms with van der Waals surface area (Å²) < 4.78 is 27.7. The molecule has 0 radical (unpaired) electrons. The Morgan fingerprint density at radius 1 is 1.42 bits per heavy atom. The van der Waals surface area contributed by atoms with E-state index < -0.39 is 5.92 Å². The van der Waals surface area contributed by atoms with Crippen LogP contribution >= 0.6 is 0 Å². The van der Waals surface area contributed by atoms with Gasteiger partial charge in [-0.3, -0.25) is 4.90 Å². The molecule has 0 spiro atoms. The summed E-state index contributed by atoms with van der Waals surface area (Å²) in [4.78, 5) is 6.00. The number of anilines is 1. The van der Waals surface area contributed by atoms with Gasteiger partial charge in [-0.05, 0) is 6.07 Å². The van der Waals surface area contributed by atoms with Crippen molar-refractivity contribution in [3.05, 3.63) is 24.7 Å². The van der Waals surface area contributed by atoms with Crippen LogP contribution < -0.4 is 5.32 Å². The molecule has 0 unspecified atom stereocenters. The average molecular weight is 267 g/mol. The minimum atomic E-state index is -2.52. The van der Waals surface area contributed by atoms with E-state index >= 15 is 0 Å². The normalized spacial score (nSPS) is 19.1. The maximum Gasteiger partial charge on any atom is 0.261 e. The van der Waals surface area contributed by atoms with Gasteiger partial charge in [-0.2, -0.15) is 5.10 Å². The Kier molecular flexibility index (Phi) is 3.06. The average Bonchev–Trinajstić information content (AvgIpc) is 2.95. The first-order chi connectivity index (χ1) is 9.12. The fourth-order valence-electron chi connectivity index (χ4n) is 2.25. The molecule has 1 fully saturated rings. The first kappa shape index (κ1) is 12.3. The molecule has 102 valence electrons. The summed E-state index contributed by atoms with van der Waals surface area (Å²) in [5.74, 6) is -1.83. The van der Waals surface area contributed by atoms with Gasteiger partial charge in [-0.25, -0.2) is 18.3 Å². The van der Waals surface area contributed by atoms with E-state index in [9.17, 15) is 8.78 Å². The third-order valence-electron chi connectivity index (χ3n) is 3.26. The molecule has 3 rings (SSSR count). The standard InChI is InChI=1S/C12H15F2N5/c13-12(14)2-5-18(9-12)6-4-15-11-8-19-10(7-16-11)1-3-17-19/h1,3,7-8,15H,2,4-6,9H2. The van der Waals surface area contributed by atoms with Gasteiger partial charge in [-0.1, -0.05) is 0 Å². The molecule has 1 saturated heterocycles.